The van der Waals surface area contributed by atoms with Crippen LogP contribution in [0.15, 0.2) is 22.0 Å². The third kappa shape index (κ3) is 3.36. The van der Waals surface area contributed by atoms with Crippen LogP contribution in [-0.2, 0) is 9.53 Å². The van der Waals surface area contributed by atoms with E-state index < -0.39 is 0 Å². The van der Waals surface area contributed by atoms with Gasteiger partial charge in [-0.2, -0.15) is 4.98 Å². The van der Waals surface area contributed by atoms with Gasteiger partial charge in [-0.1, -0.05) is 11.2 Å². The molecule has 2 aromatic heterocycles. The number of aromatic nitrogens is 2. The van der Waals surface area contributed by atoms with Crippen LogP contribution in [0.2, 0.25) is 0 Å². The minimum atomic E-state index is 0.158. The number of nitrogens with zero attached hydrogens (tertiary/aromatic N) is 3. The van der Waals surface area contributed by atoms with Crippen LogP contribution in [0.4, 0.5) is 0 Å². The summed E-state index contributed by atoms with van der Waals surface area (Å²) < 4.78 is 10.4. The molecule has 7 heteroatoms. The minimum absolute atomic E-state index is 0.158. The first-order valence-electron chi connectivity index (χ1n) is 7.42. The van der Waals surface area contributed by atoms with Gasteiger partial charge in [0.05, 0.1) is 17.9 Å². The molecule has 3 heterocycles. The van der Waals surface area contributed by atoms with Gasteiger partial charge in [-0.25, -0.2) is 0 Å². The van der Waals surface area contributed by atoms with E-state index in [4.69, 9.17) is 9.26 Å². The molecule has 0 atom stereocenters. The fourth-order valence-electron chi connectivity index (χ4n) is 2.63. The highest BCUT2D eigenvalue weighted by molar-refractivity contribution is 7.13. The Morgan fingerprint density at radius 1 is 1.50 bits per heavy atom. The van der Waals surface area contributed by atoms with Crippen LogP contribution in [0, 0.1) is 0 Å². The molecule has 6 nitrogen and oxygen atoms in total. The second kappa shape index (κ2) is 7.02. The molecule has 0 radical (unpaired) electrons. The fraction of sp³-hybridized carbons (Fsp3) is 0.533. The Morgan fingerprint density at radius 3 is 3.00 bits per heavy atom. The summed E-state index contributed by atoms with van der Waals surface area (Å²) in [5.74, 6) is 1.74. The van der Waals surface area contributed by atoms with Crippen LogP contribution in [0.1, 0.15) is 31.1 Å². The molecule has 0 spiro atoms. The zero-order chi connectivity index (χ0) is 15.4. The Kier molecular flexibility index (Phi) is 4.84. The van der Waals surface area contributed by atoms with E-state index in [-0.39, 0.29) is 11.8 Å². The molecule has 2 aromatic rings. The quantitative estimate of drug-likeness (QED) is 0.846. The van der Waals surface area contributed by atoms with Crippen molar-refractivity contribution in [3.63, 3.8) is 0 Å². The van der Waals surface area contributed by atoms with Crippen molar-refractivity contribution < 1.29 is 14.1 Å². The first-order valence-corrected chi connectivity index (χ1v) is 8.30. The summed E-state index contributed by atoms with van der Waals surface area (Å²) in [7, 11) is 1.61. The highest BCUT2D eigenvalue weighted by atomic mass is 32.1. The van der Waals surface area contributed by atoms with Crippen LogP contribution < -0.4 is 0 Å². The van der Waals surface area contributed by atoms with Crippen LogP contribution in [0.25, 0.3) is 10.7 Å². The monoisotopic (exact) mass is 321 g/mol. The van der Waals surface area contributed by atoms with E-state index >= 15 is 0 Å². The van der Waals surface area contributed by atoms with Gasteiger partial charge in [-0.05, 0) is 24.3 Å². The van der Waals surface area contributed by atoms with E-state index in [2.05, 4.69) is 10.1 Å². The third-order valence-corrected chi connectivity index (χ3v) is 4.77. The molecular weight excluding hydrogens is 302 g/mol. The lowest BCUT2D eigenvalue weighted by Gasteiger charge is -2.30. The molecule has 0 aliphatic carbocycles. The molecular formula is C15H19N3O3S. The molecule has 1 aliphatic rings. The molecule has 1 fully saturated rings. The number of thiophene rings is 1. The van der Waals surface area contributed by atoms with Gasteiger partial charge in [-0.15, -0.1) is 11.3 Å². The Hall–Kier alpha value is -1.73. The van der Waals surface area contributed by atoms with Gasteiger partial charge in [0.2, 0.25) is 17.6 Å². The van der Waals surface area contributed by atoms with Crippen molar-refractivity contribution in [3.8, 4) is 10.7 Å². The molecule has 22 heavy (non-hydrogen) atoms. The van der Waals surface area contributed by atoms with Crippen LogP contribution in [0.3, 0.4) is 0 Å². The summed E-state index contributed by atoms with van der Waals surface area (Å²) >= 11 is 1.60. The SMILES string of the molecule is COCCC(=O)N1CCC(c2nc(-c3cccs3)no2)CC1. The van der Waals surface area contributed by atoms with Gasteiger partial charge in [-0.3, -0.25) is 4.79 Å². The Morgan fingerprint density at radius 2 is 2.32 bits per heavy atom. The standard InChI is InChI=1S/C15H19N3O3S/c1-20-9-6-13(19)18-7-4-11(5-8-18)15-16-14(17-21-15)12-3-2-10-22-12/h2-3,10-11H,4-9H2,1H3. The highest BCUT2D eigenvalue weighted by Crippen LogP contribution is 2.29. The molecule has 3 rings (SSSR count). The maximum atomic E-state index is 12.0. The molecule has 0 bridgehead atoms. The summed E-state index contributed by atoms with van der Waals surface area (Å²) in [4.78, 5) is 19.4. The van der Waals surface area contributed by atoms with Crippen molar-refractivity contribution in [3.05, 3.63) is 23.4 Å². The maximum Gasteiger partial charge on any atom is 0.230 e. The van der Waals surface area contributed by atoms with Gasteiger partial charge in [0.25, 0.3) is 0 Å². The van der Waals surface area contributed by atoms with E-state index in [0.717, 1.165) is 30.8 Å². The minimum Gasteiger partial charge on any atom is -0.384 e. The van der Waals surface area contributed by atoms with E-state index in [1.807, 2.05) is 22.4 Å². The summed E-state index contributed by atoms with van der Waals surface area (Å²) in [5.41, 5.74) is 0. The largest absolute Gasteiger partial charge is 0.384 e. The number of carbonyl (C=O) groups is 1. The first kappa shape index (κ1) is 15.2. The van der Waals surface area contributed by atoms with E-state index in [1.165, 1.54) is 0 Å². The predicted octanol–water partition coefficient (Wildman–Crippen LogP) is 2.54. The van der Waals surface area contributed by atoms with Crippen molar-refractivity contribution >= 4 is 17.2 Å². The zero-order valence-corrected chi connectivity index (χ0v) is 13.3. The second-order valence-corrected chi connectivity index (χ2v) is 6.28. The lowest BCUT2D eigenvalue weighted by Crippen LogP contribution is -2.38. The number of hydrogen-bond donors (Lipinski definition) is 0. The van der Waals surface area contributed by atoms with Crippen LogP contribution >= 0.6 is 11.3 Å². The number of likely N-dealkylation sites (tertiary alicyclic amines) is 1. The molecule has 0 saturated carbocycles. The Balaban J connectivity index is 1.56. The van der Waals surface area contributed by atoms with Crippen molar-refractivity contribution in [2.45, 2.75) is 25.2 Å². The molecule has 1 amide bonds. The molecule has 1 saturated heterocycles. The summed E-state index contributed by atoms with van der Waals surface area (Å²) in [6.07, 6.45) is 2.18. The average molecular weight is 321 g/mol. The van der Waals surface area contributed by atoms with Crippen molar-refractivity contribution in [2.75, 3.05) is 26.8 Å². The van der Waals surface area contributed by atoms with Gasteiger partial charge >= 0.3 is 0 Å². The highest BCUT2D eigenvalue weighted by Gasteiger charge is 2.27. The van der Waals surface area contributed by atoms with E-state index in [1.54, 1.807) is 18.4 Å². The van der Waals surface area contributed by atoms with Gasteiger partial charge < -0.3 is 14.2 Å². The molecule has 118 valence electrons. The van der Waals surface area contributed by atoms with Gasteiger partial charge in [0.15, 0.2) is 0 Å². The number of methoxy groups -OCH3 is 1. The van der Waals surface area contributed by atoms with Crippen molar-refractivity contribution in [1.82, 2.24) is 15.0 Å². The number of carbonyl (C=O) groups excluding carboxylic acids is 1. The lowest BCUT2D eigenvalue weighted by atomic mass is 9.96. The number of hydrogen-bond acceptors (Lipinski definition) is 6. The number of ether oxygens (including phenoxy) is 1. The van der Waals surface area contributed by atoms with Crippen molar-refractivity contribution in [2.24, 2.45) is 0 Å². The van der Waals surface area contributed by atoms with Gasteiger partial charge in [0.1, 0.15) is 0 Å². The Bertz CT molecular complexity index is 603. The summed E-state index contributed by atoms with van der Waals surface area (Å²) in [6, 6.07) is 3.95. The zero-order valence-electron chi connectivity index (χ0n) is 12.5. The van der Waals surface area contributed by atoms with Crippen LogP contribution in [0.5, 0.6) is 0 Å². The average Bonchev–Trinajstić information content (AvgIpc) is 3.23. The molecule has 1 aliphatic heterocycles. The van der Waals surface area contributed by atoms with Crippen molar-refractivity contribution in [1.29, 1.82) is 0 Å². The number of rotatable bonds is 5. The normalized spacial score (nSPS) is 16.1. The van der Waals surface area contributed by atoms with E-state index in [0.29, 0.717) is 24.7 Å². The van der Waals surface area contributed by atoms with Crippen LogP contribution in [-0.4, -0.2) is 47.8 Å². The lowest BCUT2D eigenvalue weighted by molar-refractivity contribution is -0.133. The topological polar surface area (TPSA) is 68.5 Å². The Labute approximate surface area is 133 Å². The first-order chi connectivity index (χ1) is 10.8. The second-order valence-electron chi connectivity index (χ2n) is 5.33. The summed E-state index contributed by atoms with van der Waals surface area (Å²) in [6.45, 7) is 1.96. The maximum absolute atomic E-state index is 12.0. The summed E-state index contributed by atoms with van der Waals surface area (Å²) in [5, 5.41) is 6.05. The smallest absolute Gasteiger partial charge is 0.230 e. The van der Waals surface area contributed by atoms with E-state index in [9.17, 15) is 4.79 Å². The molecule has 0 unspecified atom stereocenters. The number of amides is 1. The predicted molar refractivity (Wildman–Crippen MR) is 82.7 cm³/mol. The third-order valence-electron chi connectivity index (χ3n) is 3.90. The molecule has 0 aromatic carbocycles. The fourth-order valence-corrected chi connectivity index (χ4v) is 3.28. The van der Waals surface area contributed by atoms with Gasteiger partial charge in [0, 0.05) is 26.1 Å². The number of piperidine rings is 1. The molecule has 0 N–H and O–H groups in total.